The lowest BCUT2D eigenvalue weighted by molar-refractivity contribution is -0.137. The van der Waals surface area contributed by atoms with E-state index < -0.39 is 34.4 Å². The molecule has 1 N–H and O–H groups in total. The number of aryl methyl sites for hydroxylation is 1. The average molecular weight is 338 g/mol. The van der Waals surface area contributed by atoms with Crippen molar-refractivity contribution in [1.29, 1.82) is 0 Å². The van der Waals surface area contributed by atoms with Crippen LogP contribution in [-0.4, -0.2) is 15.8 Å². The van der Waals surface area contributed by atoms with Crippen molar-refractivity contribution in [1.82, 2.24) is 15.3 Å². The standard InChI is InChI=1S/C12H8ClF4N3O2/c1-6-2-3-18-20(6)11(21)19-22-10-8(13)4-7(5-9(10)14)12(15,16)17/h2-5H,1H3,(H,19,21). The van der Waals surface area contributed by atoms with E-state index in [0.29, 0.717) is 11.8 Å². The number of halogens is 5. The van der Waals surface area contributed by atoms with E-state index in [1.807, 2.05) is 5.48 Å². The lowest BCUT2D eigenvalue weighted by Gasteiger charge is -2.12. The zero-order valence-electron chi connectivity index (χ0n) is 10.9. The van der Waals surface area contributed by atoms with Crippen LogP contribution in [-0.2, 0) is 6.18 Å². The minimum Gasteiger partial charge on any atom is -0.373 e. The number of hydrogen-bond donors (Lipinski definition) is 1. The van der Waals surface area contributed by atoms with Crippen molar-refractivity contribution >= 4 is 17.6 Å². The fourth-order valence-corrected chi connectivity index (χ4v) is 1.79. The first kappa shape index (κ1) is 16.1. The Morgan fingerprint density at radius 3 is 2.59 bits per heavy atom. The fraction of sp³-hybridized carbons (Fsp3) is 0.167. The average Bonchev–Trinajstić information content (AvgIpc) is 2.82. The fourth-order valence-electron chi connectivity index (χ4n) is 1.54. The summed E-state index contributed by atoms with van der Waals surface area (Å²) in [5, 5.41) is 3.03. The molecule has 1 aromatic heterocycles. The molecule has 1 amide bonds. The molecule has 1 aromatic carbocycles. The predicted molar refractivity (Wildman–Crippen MR) is 67.9 cm³/mol. The van der Waals surface area contributed by atoms with Gasteiger partial charge in [-0.15, -0.1) is 0 Å². The summed E-state index contributed by atoms with van der Waals surface area (Å²) < 4.78 is 52.0. The maximum absolute atomic E-state index is 13.6. The molecule has 1 heterocycles. The highest BCUT2D eigenvalue weighted by Gasteiger charge is 2.32. The summed E-state index contributed by atoms with van der Waals surface area (Å²) in [6.07, 6.45) is -3.40. The van der Waals surface area contributed by atoms with Crippen molar-refractivity contribution in [2.24, 2.45) is 0 Å². The van der Waals surface area contributed by atoms with E-state index in [2.05, 4.69) is 9.94 Å². The van der Waals surface area contributed by atoms with Crippen LogP contribution in [0.4, 0.5) is 22.4 Å². The zero-order chi connectivity index (χ0) is 16.5. The summed E-state index contributed by atoms with van der Waals surface area (Å²) in [4.78, 5) is 16.3. The Hall–Kier alpha value is -2.29. The van der Waals surface area contributed by atoms with Gasteiger partial charge in [-0.1, -0.05) is 11.6 Å². The second-order valence-corrected chi connectivity index (χ2v) is 4.57. The molecule has 0 saturated carbocycles. The molecule has 0 radical (unpaired) electrons. The van der Waals surface area contributed by atoms with Crippen molar-refractivity contribution in [2.75, 3.05) is 0 Å². The Balaban J connectivity index is 2.17. The number of aromatic nitrogens is 2. The molecule has 0 unspecified atom stereocenters. The van der Waals surface area contributed by atoms with E-state index in [4.69, 9.17) is 11.6 Å². The first-order valence-electron chi connectivity index (χ1n) is 5.74. The summed E-state index contributed by atoms with van der Waals surface area (Å²) in [6, 6.07) is 1.38. The Bertz CT molecular complexity index is 692. The van der Waals surface area contributed by atoms with Crippen LogP contribution in [0.5, 0.6) is 5.75 Å². The largest absolute Gasteiger partial charge is 0.416 e. The van der Waals surface area contributed by atoms with Gasteiger partial charge in [0.15, 0.2) is 5.82 Å². The van der Waals surface area contributed by atoms with Crippen molar-refractivity contribution in [3.8, 4) is 5.75 Å². The number of nitrogens with one attached hydrogen (secondary N) is 1. The number of alkyl halides is 3. The van der Waals surface area contributed by atoms with E-state index in [-0.39, 0.29) is 6.07 Å². The molecule has 22 heavy (non-hydrogen) atoms. The Morgan fingerprint density at radius 2 is 2.09 bits per heavy atom. The number of hydrogen-bond acceptors (Lipinski definition) is 3. The summed E-state index contributed by atoms with van der Waals surface area (Å²) >= 11 is 5.54. The van der Waals surface area contributed by atoms with Crippen LogP contribution in [0.2, 0.25) is 5.02 Å². The Morgan fingerprint density at radius 1 is 1.41 bits per heavy atom. The number of hydroxylamine groups is 1. The van der Waals surface area contributed by atoms with Gasteiger partial charge in [0, 0.05) is 11.9 Å². The van der Waals surface area contributed by atoms with E-state index in [0.717, 1.165) is 4.68 Å². The van der Waals surface area contributed by atoms with Gasteiger partial charge in [0.2, 0.25) is 5.75 Å². The number of benzene rings is 1. The molecule has 2 rings (SSSR count). The number of carbonyl (C=O) groups excluding carboxylic acids is 1. The van der Waals surface area contributed by atoms with Gasteiger partial charge in [-0.25, -0.2) is 9.18 Å². The molecule has 0 bridgehead atoms. The molecule has 2 aromatic rings. The molecule has 0 atom stereocenters. The van der Waals surface area contributed by atoms with E-state index in [1.165, 1.54) is 12.3 Å². The van der Waals surface area contributed by atoms with Gasteiger partial charge >= 0.3 is 12.2 Å². The second-order valence-electron chi connectivity index (χ2n) is 4.16. The summed E-state index contributed by atoms with van der Waals surface area (Å²) in [6.45, 7) is 1.58. The van der Waals surface area contributed by atoms with Gasteiger partial charge in [0.25, 0.3) is 0 Å². The number of amides is 1. The second kappa shape index (κ2) is 5.84. The molecule has 10 heteroatoms. The normalized spacial score (nSPS) is 11.4. The van der Waals surface area contributed by atoms with Crippen LogP contribution in [0.1, 0.15) is 11.3 Å². The monoisotopic (exact) mass is 337 g/mol. The van der Waals surface area contributed by atoms with Crippen molar-refractivity contribution < 1.29 is 27.2 Å². The van der Waals surface area contributed by atoms with Gasteiger partial charge in [-0.05, 0) is 25.1 Å². The summed E-state index contributed by atoms with van der Waals surface area (Å²) in [7, 11) is 0. The third kappa shape index (κ3) is 3.30. The minimum absolute atomic E-state index is 0.215. The molecule has 0 aliphatic carbocycles. The summed E-state index contributed by atoms with van der Waals surface area (Å²) in [5.41, 5.74) is 1.04. The van der Waals surface area contributed by atoms with Crippen LogP contribution in [0.3, 0.4) is 0 Å². The topological polar surface area (TPSA) is 56.2 Å². The molecule has 0 aliphatic rings. The first-order valence-corrected chi connectivity index (χ1v) is 6.12. The van der Waals surface area contributed by atoms with Crippen LogP contribution < -0.4 is 10.3 Å². The third-order valence-corrected chi connectivity index (χ3v) is 2.87. The van der Waals surface area contributed by atoms with Crippen molar-refractivity contribution in [3.05, 3.63) is 46.5 Å². The van der Waals surface area contributed by atoms with Gasteiger partial charge < -0.3 is 4.84 Å². The zero-order valence-corrected chi connectivity index (χ0v) is 11.7. The van der Waals surface area contributed by atoms with E-state index >= 15 is 0 Å². The smallest absolute Gasteiger partial charge is 0.373 e. The Kier molecular flexibility index (Phi) is 4.27. The SMILES string of the molecule is Cc1ccnn1C(=O)NOc1c(F)cc(C(F)(F)F)cc1Cl. The number of rotatable bonds is 2. The molecule has 0 saturated heterocycles. The lowest BCUT2D eigenvalue weighted by Crippen LogP contribution is -2.33. The molecule has 0 spiro atoms. The first-order chi connectivity index (χ1) is 10.2. The van der Waals surface area contributed by atoms with Crippen LogP contribution in [0.25, 0.3) is 0 Å². The van der Waals surface area contributed by atoms with Gasteiger partial charge in [-0.3, -0.25) is 0 Å². The molecule has 118 valence electrons. The molecular weight excluding hydrogens is 330 g/mol. The molecular formula is C12H8ClF4N3O2. The van der Waals surface area contributed by atoms with Crippen molar-refractivity contribution in [2.45, 2.75) is 13.1 Å². The summed E-state index contributed by atoms with van der Waals surface area (Å²) in [5.74, 6) is -2.09. The molecule has 0 fully saturated rings. The lowest BCUT2D eigenvalue weighted by atomic mass is 10.2. The highest BCUT2D eigenvalue weighted by molar-refractivity contribution is 6.32. The van der Waals surface area contributed by atoms with Crippen LogP contribution >= 0.6 is 11.6 Å². The minimum atomic E-state index is -4.75. The number of carbonyl (C=O) groups is 1. The number of nitrogens with zero attached hydrogens (tertiary/aromatic N) is 2. The van der Waals surface area contributed by atoms with Gasteiger partial charge in [0.05, 0.1) is 10.6 Å². The van der Waals surface area contributed by atoms with E-state index in [9.17, 15) is 22.4 Å². The predicted octanol–water partition coefficient (Wildman–Crippen LogP) is 3.55. The van der Waals surface area contributed by atoms with Gasteiger partial charge in [0.1, 0.15) is 0 Å². The molecule has 0 aliphatic heterocycles. The highest BCUT2D eigenvalue weighted by atomic mass is 35.5. The Labute approximate surface area is 126 Å². The maximum Gasteiger partial charge on any atom is 0.416 e. The van der Waals surface area contributed by atoms with Crippen molar-refractivity contribution in [3.63, 3.8) is 0 Å². The van der Waals surface area contributed by atoms with E-state index in [1.54, 1.807) is 6.92 Å². The third-order valence-electron chi connectivity index (χ3n) is 2.59. The van der Waals surface area contributed by atoms with Gasteiger partial charge in [-0.2, -0.15) is 28.4 Å². The maximum atomic E-state index is 13.6. The molecule has 5 nitrogen and oxygen atoms in total. The van der Waals surface area contributed by atoms with Crippen LogP contribution in [0, 0.1) is 12.7 Å². The van der Waals surface area contributed by atoms with Crippen LogP contribution in [0.15, 0.2) is 24.4 Å². The highest BCUT2D eigenvalue weighted by Crippen LogP contribution is 2.36. The quantitative estimate of drug-likeness (QED) is 0.673.